The Morgan fingerprint density at radius 1 is 1.32 bits per heavy atom. The highest BCUT2D eigenvalue weighted by Crippen LogP contribution is 2.35. The van der Waals surface area contributed by atoms with Crippen molar-refractivity contribution in [3.8, 4) is 0 Å². The number of amides is 1. The van der Waals surface area contributed by atoms with E-state index in [1.54, 1.807) is 17.0 Å². The van der Waals surface area contributed by atoms with E-state index in [0.717, 1.165) is 11.1 Å². The predicted octanol–water partition coefficient (Wildman–Crippen LogP) is 2.65. The normalized spacial score (nSPS) is 15.1. The molecule has 0 aromatic heterocycles. The minimum atomic E-state index is -1.76. The fraction of sp³-hybridized carbons (Fsp3) is 0.300. The molecule has 0 radical (unpaired) electrons. The summed E-state index contributed by atoms with van der Waals surface area (Å²) in [6.45, 7) is 2.06. The van der Waals surface area contributed by atoms with Crippen molar-refractivity contribution in [1.82, 2.24) is 4.72 Å². The number of methoxy groups -OCH3 is 1. The van der Waals surface area contributed by atoms with E-state index in [1.807, 2.05) is 30.3 Å². The smallest absolute Gasteiger partial charge is 0.327 e. The van der Waals surface area contributed by atoms with Crippen LogP contribution in [-0.4, -0.2) is 36.1 Å². The average molecular weight is 421 g/mol. The fourth-order valence-corrected chi connectivity index (χ4v) is 4.63. The molecule has 1 unspecified atom stereocenters. The summed E-state index contributed by atoms with van der Waals surface area (Å²) in [5.41, 5.74) is 2.56. The summed E-state index contributed by atoms with van der Waals surface area (Å²) in [5, 5.41) is 0.332. The minimum Gasteiger partial charge on any atom is -0.593 e. The van der Waals surface area contributed by atoms with Crippen LogP contribution in [0.25, 0.3) is 0 Å². The number of ether oxygens (including phenoxy) is 1. The summed E-state index contributed by atoms with van der Waals surface area (Å²) in [6.07, 6.45) is 1.02. The van der Waals surface area contributed by atoms with Gasteiger partial charge < -0.3 is 14.2 Å². The van der Waals surface area contributed by atoms with Gasteiger partial charge in [0.2, 0.25) is 5.91 Å². The summed E-state index contributed by atoms with van der Waals surface area (Å²) in [5.74, 6) is -0.595. The van der Waals surface area contributed by atoms with Crippen molar-refractivity contribution < 1.29 is 18.9 Å². The van der Waals surface area contributed by atoms with Crippen molar-refractivity contribution >= 4 is 40.5 Å². The van der Waals surface area contributed by atoms with Crippen LogP contribution in [-0.2, 0) is 38.5 Å². The molecular weight excluding hydrogens is 400 g/mol. The highest BCUT2D eigenvalue weighted by molar-refractivity contribution is 7.89. The van der Waals surface area contributed by atoms with Gasteiger partial charge in [0, 0.05) is 26.0 Å². The fourth-order valence-electron chi connectivity index (χ4n) is 3.22. The second kappa shape index (κ2) is 8.96. The third-order valence-corrected chi connectivity index (χ3v) is 6.29. The van der Waals surface area contributed by atoms with Gasteiger partial charge in [0.25, 0.3) is 0 Å². The molecule has 2 aromatic carbocycles. The maximum atomic E-state index is 13.0. The average Bonchev–Trinajstić information content (AvgIpc) is 3.09. The van der Waals surface area contributed by atoms with Gasteiger partial charge in [0.05, 0.1) is 29.2 Å². The van der Waals surface area contributed by atoms with Crippen LogP contribution < -0.4 is 9.62 Å². The zero-order valence-electron chi connectivity index (χ0n) is 15.6. The van der Waals surface area contributed by atoms with E-state index in [-0.39, 0.29) is 5.91 Å². The topological polar surface area (TPSA) is 81.7 Å². The summed E-state index contributed by atoms with van der Waals surface area (Å²) < 4.78 is 20.6. The molecular formula is C20H21ClN2O4S. The molecule has 2 atom stereocenters. The Kier molecular flexibility index (Phi) is 6.61. The first kappa shape index (κ1) is 20.7. The Morgan fingerprint density at radius 3 is 2.68 bits per heavy atom. The summed E-state index contributed by atoms with van der Waals surface area (Å²) in [7, 11) is 1.29. The Balaban J connectivity index is 1.84. The monoisotopic (exact) mass is 420 g/mol. The largest absolute Gasteiger partial charge is 0.593 e. The lowest BCUT2D eigenvalue weighted by Crippen LogP contribution is -2.43. The van der Waals surface area contributed by atoms with Crippen LogP contribution in [0.15, 0.2) is 47.4 Å². The van der Waals surface area contributed by atoms with Crippen LogP contribution in [0.2, 0.25) is 5.02 Å². The predicted molar refractivity (Wildman–Crippen MR) is 109 cm³/mol. The highest BCUT2D eigenvalue weighted by Gasteiger charge is 2.31. The van der Waals surface area contributed by atoms with Crippen LogP contribution in [0.5, 0.6) is 0 Å². The molecule has 0 saturated carbocycles. The Bertz CT molecular complexity index is 878. The first-order valence-corrected chi connectivity index (χ1v) is 10.3. The number of halogens is 1. The molecule has 0 bridgehead atoms. The number of hydrogen-bond donors (Lipinski definition) is 1. The van der Waals surface area contributed by atoms with Crippen molar-refractivity contribution in [2.24, 2.45) is 0 Å². The van der Waals surface area contributed by atoms with E-state index >= 15 is 0 Å². The summed E-state index contributed by atoms with van der Waals surface area (Å²) in [4.78, 5) is 26.0. The number of rotatable bonds is 6. The molecule has 1 aliphatic rings. The van der Waals surface area contributed by atoms with Gasteiger partial charge in [-0.2, -0.15) is 0 Å². The number of nitrogens with one attached hydrogen (secondary N) is 1. The summed E-state index contributed by atoms with van der Waals surface area (Å²) >= 11 is 4.57. The minimum absolute atomic E-state index is 0.0812. The third kappa shape index (κ3) is 4.50. The van der Waals surface area contributed by atoms with E-state index in [9.17, 15) is 14.1 Å². The first-order chi connectivity index (χ1) is 13.4. The first-order valence-electron chi connectivity index (χ1n) is 8.81. The highest BCUT2D eigenvalue weighted by atomic mass is 35.5. The molecule has 3 rings (SSSR count). The quantitative estimate of drug-likeness (QED) is 0.574. The van der Waals surface area contributed by atoms with E-state index in [4.69, 9.17) is 16.3 Å². The molecule has 2 aromatic rings. The van der Waals surface area contributed by atoms with Crippen LogP contribution in [0.4, 0.5) is 5.69 Å². The number of carbonyl (C=O) groups excluding carboxylic acids is 2. The molecule has 6 nitrogen and oxygen atoms in total. The van der Waals surface area contributed by atoms with Gasteiger partial charge in [-0.05, 0) is 23.6 Å². The van der Waals surface area contributed by atoms with Gasteiger partial charge in [0.1, 0.15) is 0 Å². The molecule has 148 valence electrons. The second-order valence-corrected chi connectivity index (χ2v) is 8.10. The molecule has 0 saturated heterocycles. The van der Waals surface area contributed by atoms with Crippen molar-refractivity contribution in [1.29, 1.82) is 0 Å². The van der Waals surface area contributed by atoms with Crippen molar-refractivity contribution in [2.45, 2.75) is 30.7 Å². The van der Waals surface area contributed by atoms with Gasteiger partial charge in [-0.25, -0.2) is 0 Å². The second-order valence-electron chi connectivity index (χ2n) is 6.48. The lowest BCUT2D eigenvalue weighted by atomic mass is 10.1. The third-order valence-electron chi connectivity index (χ3n) is 4.63. The zero-order chi connectivity index (χ0) is 20.3. The van der Waals surface area contributed by atoms with Gasteiger partial charge in [-0.3, -0.25) is 9.59 Å². The van der Waals surface area contributed by atoms with Gasteiger partial charge >= 0.3 is 5.97 Å². The van der Waals surface area contributed by atoms with Crippen molar-refractivity contribution in [3.63, 3.8) is 0 Å². The van der Waals surface area contributed by atoms with Crippen LogP contribution in [0.3, 0.4) is 0 Å². The number of anilines is 1. The zero-order valence-corrected chi connectivity index (χ0v) is 17.2. The van der Waals surface area contributed by atoms with Crippen LogP contribution in [0.1, 0.15) is 18.1 Å². The molecule has 28 heavy (non-hydrogen) atoms. The number of hydrogen-bond acceptors (Lipinski definition) is 5. The Labute approximate surface area is 172 Å². The molecule has 0 spiro atoms. The lowest BCUT2D eigenvalue weighted by Gasteiger charge is -2.20. The molecule has 8 heteroatoms. The van der Waals surface area contributed by atoms with Crippen molar-refractivity contribution in [3.05, 3.63) is 58.6 Å². The van der Waals surface area contributed by atoms with Gasteiger partial charge in [-0.15, -0.1) is 4.72 Å². The standard InChI is InChI=1S/C20H21ClN2O4S/c1-13(24)23-9-8-15-11-16(21)19(12-18(15)23)28(26)22-17(20(25)27-2)10-14-6-4-3-5-7-14/h3-7,11-12,17,22H,8-10H2,1-2H3/t17-,28?/m0/s1. The molecule has 0 fully saturated rings. The molecule has 0 aliphatic carbocycles. The maximum absolute atomic E-state index is 13.0. The molecule has 1 heterocycles. The van der Waals surface area contributed by atoms with Gasteiger partial charge in [-0.1, -0.05) is 41.9 Å². The number of nitrogens with zero attached hydrogens (tertiary/aromatic N) is 1. The summed E-state index contributed by atoms with van der Waals surface area (Å²) in [6, 6.07) is 12.0. The van der Waals surface area contributed by atoms with E-state index < -0.39 is 23.4 Å². The number of fused-ring (bicyclic) bond motifs is 1. The molecule has 1 N–H and O–H groups in total. The lowest BCUT2D eigenvalue weighted by molar-refractivity contribution is -0.142. The Morgan fingerprint density at radius 2 is 2.04 bits per heavy atom. The van der Waals surface area contributed by atoms with E-state index in [2.05, 4.69) is 4.72 Å². The van der Waals surface area contributed by atoms with E-state index in [1.165, 1.54) is 14.0 Å². The Hall–Kier alpha value is -2.06. The van der Waals surface area contributed by atoms with Crippen LogP contribution >= 0.6 is 11.6 Å². The molecule has 1 amide bonds. The number of benzene rings is 2. The van der Waals surface area contributed by atoms with Crippen molar-refractivity contribution in [2.75, 3.05) is 18.6 Å². The van der Waals surface area contributed by atoms with Crippen LogP contribution in [0, 0.1) is 0 Å². The van der Waals surface area contributed by atoms with Gasteiger partial charge in [0.15, 0.2) is 10.9 Å². The number of esters is 1. The maximum Gasteiger partial charge on any atom is 0.327 e. The SMILES string of the molecule is COC(=O)[C@H](Cc1ccccc1)N[S+]([O-])c1cc2c(cc1Cl)CCN2C(C)=O. The molecule has 1 aliphatic heterocycles. The van der Waals surface area contributed by atoms with E-state index in [0.29, 0.717) is 35.0 Å². The number of carbonyl (C=O) groups is 2.